The number of carbonyl (C=O) groups excluding carboxylic acids is 1. The van der Waals surface area contributed by atoms with Gasteiger partial charge in [-0.1, -0.05) is 19.9 Å². The molecule has 9 nitrogen and oxygen atoms in total. The second-order valence-electron chi connectivity index (χ2n) is 9.09. The molecule has 9 heteroatoms. The first kappa shape index (κ1) is 23.2. The van der Waals surface area contributed by atoms with Crippen LogP contribution in [0, 0.1) is 17.2 Å². The summed E-state index contributed by atoms with van der Waals surface area (Å²) in [5.74, 6) is 1.77. The van der Waals surface area contributed by atoms with Gasteiger partial charge in [0.25, 0.3) is 0 Å². The van der Waals surface area contributed by atoms with Crippen LogP contribution < -0.4 is 10.1 Å². The number of anilines is 2. The van der Waals surface area contributed by atoms with E-state index in [-0.39, 0.29) is 17.8 Å². The zero-order valence-electron chi connectivity index (χ0n) is 20.3. The van der Waals surface area contributed by atoms with Gasteiger partial charge in [-0.15, -0.1) is 0 Å². The van der Waals surface area contributed by atoms with Crippen LogP contribution in [0.4, 0.5) is 11.6 Å². The molecular weight excluding hydrogens is 454 g/mol. The van der Waals surface area contributed by atoms with Crippen molar-refractivity contribution in [2.75, 3.05) is 5.32 Å². The summed E-state index contributed by atoms with van der Waals surface area (Å²) >= 11 is 0. The summed E-state index contributed by atoms with van der Waals surface area (Å²) in [5.41, 5.74) is 4.34. The lowest BCUT2D eigenvalue weighted by atomic mass is 10.0. The highest BCUT2D eigenvalue weighted by Gasteiger charge is 2.31. The number of aromatic nitrogens is 5. The molecule has 1 aliphatic carbocycles. The average molecular weight is 480 g/mol. The summed E-state index contributed by atoms with van der Waals surface area (Å²) in [6, 6.07) is 11.1. The third-order valence-electron chi connectivity index (χ3n) is 6.02. The molecule has 0 unspecified atom stereocenters. The topological polar surface area (TPSA) is 119 Å². The fourth-order valence-corrected chi connectivity index (χ4v) is 3.78. The minimum absolute atomic E-state index is 0.00925. The Morgan fingerprint density at radius 2 is 1.97 bits per heavy atom. The Hall–Kier alpha value is -4.58. The van der Waals surface area contributed by atoms with Gasteiger partial charge in [-0.2, -0.15) is 10.4 Å². The Kier molecular flexibility index (Phi) is 6.17. The number of carbonyl (C=O) groups is 1. The third kappa shape index (κ3) is 4.79. The van der Waals surface area contributed by atoms with Gasteiger partial charge in [-0.25, -0.2) is 4.98 Å². The molecule has 36 heavy (non-hydrogen) atoms. The van der Waals surface area contributed by atoms with Crippen molar-refractivity contribution in [2.24, 2.45) is 13.0 Å². The maximum absolute atomic E-state index is 12.0. The van der Waals surface area contributed by atoms with Crippen molar-refractivity contribution in [3.05, 3.63) is 66.4 Å². The van der Waals surface area contributed by atoms with Gasteiger partial charge in [-0.3, -0.25) is 19.4 Å². The highest BCUT2D eigenvalue weighted by molar-refractivity contribution is 5.79. The van der Waals surface area contributed by atoms with E-state index in [0.717, 1.165) is 41.2 Å². The molecule has 0 bridgehead atoms. The molecule has 0 aliphatic heterocycles. The van der Waals surface area contributed by atoms with Crippen LogP contribution in [0.2, 0.25) is 0 Å². The number of nitrogens with zero attached hydrogens (tertiary/aromatic N) is 6. The van der Waals surface area contributed by atoms with E-state index in [2.05, 4.69) is 45.3 Å². The van der Waals surface area contributed by atoms with E-state index in [1.165, 1.54) is 0 Å². The second kappa shape index (κ2) is 9.58. The predicted molar refractivity (Wildman–Crippen MR) is 134 cm³/mol. The number of benzene rings is 1. The van der Waals surface area contributed by atoms with Crippen molar-refractivity contribution in [1.82, 2.24) is 24.7 Å². The van der Waals surface area contributed by atoms with Gasteiger partial charge in [-0.05, 0) is 43.0 Å². The fraction of sp³-hybridized carbons (Fsp3) is 0.259. The van der Waals surface area contributed by atoms with Crippen molar-refractivity contribution in [1.29, 1.82) is 5.26 Å². The lowest BCUT2D eigenvalue weighted by Gasteiger charge is -2.11. The summed E-state index contributed by atoms with van der Waals surface area (Å²) in [6.07, 6.45) is 8.64. The van der Waals surface area contributed by atoms with E-state index in [9.17, 15) is 10.1 Å². The molecular formula is C27H25N7O2. The highest BCUT2D eigenvalue weighted by atomic mass is 16.5. The smallest absolute Gasteiger partial charge is 0.314 e. The number of hydrogen-bond donors (Lipinski definition) is 1. The minimum atomic E-state index is -0.236. The van der Waals surface area contributed by atoms with Crippen molar-refractivity contribution < 1.29 is 9.53 Å². The maximum atomic E-state index is 12.0. The van der Waals surface area contributed by atoms with Crippen LogP contribution >= 0.6 is 0 Å². The molecule has 1 aliphatic rings. The molecule has 4 aromatic rings. The SMILES string of the molecule is CC(C)c1cncc(Nc2c(-c3ccc(-c4ccc(OC(=O)C5CC5)cc4C#N)cn3)cnn2C)n1. The van der Waals surface area contributed by atoms with E-state index in [1.54, 1.807) is 47.7 Å². The highest BCUT2D eigenvalue weighted by Crippen LogP contribution is 2.33. The van der Waals surface area contributed by atoms with Gasteiger partial charge in [0, 0.05) is 30.6 Å². The van der Waals surface area contributed by atoms with Crippen LogP contribution in [0.1, 0.15) is 43.9 Å². The molecule has 1 fully saturated rings. The first-order chi connectivity index (χ1) is 17.4. The summed E-state index contributed by atoms with van der Waals surface area (Å²) < 4.78 is 7.13. The van der Waals surface area contributed by atoms with Gasteiger partial charge in [0.15, 0.2) is 0 Å². The Morgan fingerprint density at radius 1 is 1.14 bits per heavy atom. The predicted octanol–water partition coefficient (Wildman–Crippen LogP) is 4.99. The molecule has 0 saturated heterocycles. The van der Waals surface area contributed by atoms with Crippen LogP contribution in [-0.4, -0.2) is 30.7 Å². The normalized spacial score (nSPS) is 12.9. The number of pyridine rings is 1. The summed E-state index contributed by atoms with van der Waals surface area (Å²) in [6.45, 7) is 4.14. The molecule has 1 aromatic carbocycles. The number of hydrogen-bond acceptors (Lipinski definition) is 8. The van der Waals surface area contributed by atoms with Gasteiger partial charge in [0.05, 0.1) is 46.9 Å². The molecule has 3 heterocycles. The number of nitrogens with one attached hydrogen (secondary N) is 1. The van der Waals surface area contributed by atoms with Gasteiger partial charge in [0.1, 0.15) is 17.4 Å². The van der Waals surface area contributed by atoms with E-state index in [0.29, 0.717) is 22.7 Å². The van der Waals surface area contributed by atoms with E-state index < -0.39 is 0 Å². The van der Waals surface area contributed by atoms with Crippen molar-refractivity contribution in [3.8, 4) is 34.2 Å². The molecule has 0 atom stereocenters. The van der Waals surface area contributed by atoms with Crippen LogP contribution in [0.15, 0.2) is 55.1 Å². The van der Waals surface area contributed by atoms with Crippen molar-refractivity contribution in [2.45, 2.75) is 32.6 Å². The first-order valence-corrected chi connectivity index (χ1v) is 11.8. The number of esters is 1. The monoisotopic (exact) mass is 479 g/mol. The molecule has 5 rings (SSSR count). The molecule has 0 amide bonds. The van der Waals surface area contributed by atoms with Crippen LogP contribution in [0.5, 0.6) is 5.75 Å². The second-order valence-corrected chi connectivity index (χ2v) is 9.09. The number of rotatable bonds is 7. The molecule has 180 valence electrons. The number of nitriles is 1. The van der Waals surface area contributed by atoms with Gasteiger partial charge >= 0.3 is 5.97 Å². The third-order valence-corrected chi connectivity index (χ3v) is 6.02. The van der Waals surface area contributed by atoms with Crippen molar-refractivity contribution in [3.63, 3.8) is 0 Å². The molecule has 1 N–H and O–H groups in total. The van der Waals surface area contributed by atoms with E-state index >= 15 is 0 Å². The average Bonchev–Trinajstić information content (AvgIpc) is 3.69. The van der Waals surface area contributed by atoms with E-state index in [4.69, 9.17) is 4.74 Å². The Morgan fingerprint density at radius 3 is 2.67 bits per heavy atom. The Balaban J connectivity index is 1.39. The molecule has 0 spiro atoms. The lowest BCUT2D eigenvalue weighted by Crippen LogP contribution is -2.09. The largest absolute Gasteiger partial charge is 0.426 e. The summed E-state index contributed by atoms with van der Waals surface area (Å²) in [5, 5.41) is 17.4. The quantitative estimate of drug-likeness (QED) is 0.291. The van der Waals surface area contributed by atoms with Gasteiger partial charge in [0.2, 0.25) is 0 Å². The zero-order valence-corrected chi connectivity index (χ0v) is 20.3. The summed E-state index contributed by atoms with van der Waals surface area (Å²) in [4.78, 5) is 25.5. The van der Waals surface area contributed by atoms with Crippen LogP contribution in [0.3, 0.4) is 0 Å². The van der Waals surface area contributed by atoms with Crippen LogP contribution in [0.25, 0.3) is 22.4 Å². The summed E-state index contributed by atoms with van der Waals surface area (Å²) in [7, 11) is 1.84. The Labute approximate surface area is 208 Å². The number of aryl methyl sites for hydroxylation is 1. The van der Waals surface area contributed by atoms with Crippen molar-refractivity contribution >= 4 is 17.6 Å². The lowest BCUT2D eigenvalue weighted by molar-refractivity contribution is -0.135. The maximum Gasteiger partial charge on any atom is 0.314 e. The van der Waals surface area contributed by atoms with Crippen LogP contribution in [-0.2, 0) is 11.8 Å². The van der Waals surface area contributed by atoms with Gasteiger partial charge < -0.3 is 10.1 Å². The fourth-order valence-electron chi connectivity index (χ4n) is 3.78. The molecule has 1 saturated carbocycles. The molecule has 3 aromatic heterocycles. The number of ether oxygens (including phenoxy) is 1. The van der Waals surface area contributed by atoms with E-state index in [1.807, 2.05) is 19.2 Å². The molecule has 0 radical (unpaired) electrons. The minimum Gasteiger partial charge on any atom is -0.426 e. The Bertz CT molecular complexity index is 1460. The first-order valence-electron chi connectivity index (χ1n) is 11.8. The zero-order chi connectivity index (χ0) is 25.2. The standard InChI is InChI=1S/C27H25N7O2/c1-16(2)24-14-29-15-25(32-24)33-26-22(13-31-34(26)3)23-9-6-18(12-30-23)21-8-7-20(10-19(21)11-28)36-27(35)17-4-5-17/h6-10,12-17H,4-5H2,1-3H3,(H,32,33).